The summed E-state index contributed by atoms with van der Waals surface area (Å²) in [6.07, 6.45) is 7.16. The van der Waals surface area contributed by atoms with E-state index in [0.29, 0.717) is 18.0 Å². The average molecular weight is 295 g/mol. The van der Waals surface area contributed by atoms with Crippen molar-refractivity contribution in [2.24, 2.45) is 5.92 Å². The van der Waals surface area contributed by atoms with Crippen LogP contribution < -0.4 is 5.32 Å². The summed E-state index contributed by atoms with van der Waals surface area (Å²) in [4.78, 5) is 11.7. The molecule has 1 aromatic carbocycles. The van der Waals surface area contributed by atoms with Gasteiger partial charge in [0.1, 0.15) is 11.6 Å². The zero-order chi connectivity index (χ0) is 15.7. The van der Waals surface area contributed by atoms with E-state index in [-0.39, 0.29) is 5.91 Å². The number of amides is 1. The lowest BCUT2D eigenvalue weighted by molar-refractivity contribution is -0.116. The average Bonchev–Trinajstić information content (AvgIpc) is 2.44. The maximum absolute atomic E-state index is 13.0. The summed E-state index contributed by atoms with van der Waals surface area (Å²) >= 11 is 0. The van der Waals surface area contributed by atoms with Gasteiger partial charge in [-0.2, -0.15) is 0 Å². The lowest BCUT2D eigenvalue weighted by atomic mass is 9.99. The molecule has 1 amide bonds. The molecule has 1 atom stereocenters. The number of nitrogens with one attached hydrogen (secondary N) is 1. The molecule has 0 radical (unpaired) electrons. The third-order valence-corrected chi connectivity index (χ3v) is 3.42. The number of hydrogen-bond acceptors (Lipinski definition) is 1. The van der Waals surface area contributed by atoms with Crippen LogP contribution in [0.25, 0.3) is 6.08 Å². The van der Waals surface area contributed by atoms with Gasteiger partial charge in [0.05, 0.1) is 0 Å². The summed E-state index contributed by atoms with van der Waals surface area (Å²) in [5.74, 6) is -1.06. The molecule has 0 spiro atoms. The fourth-order valence-electron chi connectivity index (χ4n) is 2.09. The molecule has 0 aliphatic heterocycles. The maximum Gasteiger partial charge on any atom is 0.244 e. The molecule has 0 fully saturated rings. The van der Waals surface area contributed by atoms with E-state index in [1.807, 2.05) is 0 Å². The van der Waals surface area contributed by atoms with E-state index in [0.717, 1.165) is 31.7 Å². The van der Waals surface area contributed by atoms with E-state index in [2.05, 4.69) is 19.2 Å². The zero-order valence-corrected chi connectivity index (χ0v) is 12.7. The van der Waals surface area contributed by atoms with Gasteiger partial charge in [-0.25, -0.2) is 8.78 Å². The Morgan fingerprint density at radius 1 is 1.24 bits per heavy atom. The molecule has 1 rings (SSSR count). The van der Waals surface area contributed by atoms with Crippen molar-refractivity contribution in [1.29, 1.82) is 0 Å². The minimum absolute atomic E-state index is 0.241. The second kappa shape index (κ2) is 9.27. The molecular formula is C17H23F2NO. The van der Waals surface area contributed by atoms with Gasteiger partial charge < -0.3 is 5.32 Å². The molecule has 21 heavy (non-hydrogen) atoms. The summed E-state index contributed by atoms with van der Waals surface area (Å²) < 4.78 is 26.0. The van der Waals surface area contributed by atoms with Gasteiger partial charge in [-0.3, -0.25) is 4.79 Å². The summed E-state index contributed by atoms with van der Waals surface area (Å²) in [7, 11) is 0. The normalized spacial score (nSPS) is 12.6. The summed E-state index contributed by atoms with van der Waals surface area (Å²) in [5.41, 5.74) is 0.334. The third kappa shape index (κ3) is 7.02. The molecule has 1 aromatic rings. The molecule has 116 valence electrons. The van der Waals surface area contributed by atoms with E-state index < -0.39 is 11.6 Å². The summed E-state index contributed by atoms with van der Waals surface area (Å²) in [5, 5.41) is 2.83. The van der Waals surface area contributed by atoms with Gasteiger partial charge in [0.15, 0.2) is 0 Å². The van der Waals surface area contributed by atoms with Crippen LogP contribution in [0.5, 0.6) is 0 Å². The molecule has 0 heterocycles. The molecule has 1 unspecified atom stereocenters. The quantitative estimate of drug-likeness (QED) is 0.711. The Hall–Kier alpha value is -1.71. The van der Waals surface area contributed by atoms with Crippen molar-refractivity contribution in [3.8, 4) is 0 Å². The highest BCUT2D eigenvalue weighted by molar-refractivity contribution is 5.91. The van der Waals surface area contributed by atoms with Crippen LogP contribution in [-0.2, 0) is 4.79 Å². The van der Waals surface area contributed by atoms with Crippen molar-refractivity contribution in [3.05, 3.63) is 41.5 Å². The van der Waals surface area contributed by atoms with Gasteiger partial charge in [0.25, 0.3) is 0 Å². The predicted molar refractivity (Wildman–Crippen MR) is 81.7 cm³/mol. The summed E-state index contributed by atoms with van der Waals surface area (Å²) in [6, 6.07) is 3.17. The summed E-state index contributed by atoms with van der Waals surface area (Å²) in [6.45, 7) is 4.89. The molecule has 2 nitrogen and oxygen atoms in total. The fraction of sp³-hybridized carbons (Fsp3) is 0.471. The van der Waals surface area contributed by atoms with Gasteiger partial charge in [-0.1, -0.05) is 33.1 Å². The first-order chi connectivity index (χ1) is 10.0. The second-order valence-corrected chi connectivity index (χ2v) is 5.20. The van der Waals surface area contributed by atoms with Gasteiger partial charge in [-0.05, 0) is 36.1 Å². The largest absolute Gasteiger partial charge is 0.352 e. The number of unbranched alkanes of at least 4 members (excludes halogenated alkanes) is 1. The van der Waals surface area contributed by atoms with E-state index in [4.69, 9.17) is 0 Å². The van der Waals surface area contributed by atoms with Crippen molar-refractivity contribution < 1.29 is 13.6 Å². The van der Waals surface area contributed by atoms with Crippen LogP contribution in [0, 0.1) is 17.6 Å². The standard InChI is InChI=1S/C17H23F2NO/c1-3-5-6-13(4-2)12-20-17(21)8-7-14-9-15(18)11-16(19)10-14/h7-11,13H,3-6,12H2,1-2H3,(H,20,21). The molecule has 1 N–H and O–H groups in total. The molecule has 4 heteroatoms. The Labute approximate surface area is 125 Å². The van der Waals surface area contributed by atoms with Crippen LogP contribution in [0.15, 0.2) is 24.3 Å². The molecule has 0 saturated heterocycles. The Balaban J connectivity index is 2.47. The maximum atomic E-state index is 13.0. The van der Waals surface area contributed by atoms with Crippen LogP contribution in [0.1, 0.15) is 45.1 Å². The number of hydrogen-bond donors (Lipinski definition) is 1. The van der Waals surface area contributed by atoms with Crippen molar-refractivity contribution in [1.82, 2.24) is 5.32 Å². The van der Waals surface area contributed by atoms with E-state index in [9.17, 15) is 13.6 Å². The van der Waals surface area contributed by atoms with E-state index >= 15 is 0 Å². The predicted octanol–water partition coefficient (Wildman–Crippen LogP) is 4.31. The number of benzene rings is 1. The van der Waals surface area contributed by atoms with Gasteiger partial charge >= 0.3 is 0 Å². The van der Waals surface area contributed by atoms with Crippen LogP contribution in [-0.4, -0.2) is 12.5 Å². The Morgan fingerprint density at radius 2 is 1.90 bits per heavy atom. The molecule has 0 saturated carbocycles. The first-order valence-electron chi connectivity index (χ1n) is 7.47. The lowest BCUT2D eigenvalue weighted by Gasteiger charge is -2.14. The Morgan fingerprint density at radius 3 is 2.48 bits per heavy atom. The van der Waals surface area contributed by atoms with E-state index in [1.54, 1.807) is 0 Å². The zero-order valence-electron chi connectivity index (χ0n) is 12.7. The first-order valence-corrected chi connectivity index (χ1v) is 7.47. The van der Waals surface area contributed by atoms with Crippen LogP contribution >= 0.6 is 0 Å². The highest BCUT2D eigenvalue weighted by atomic mass is 19.1. The number of carbonyl (C=O) groups is 1. The van der Waals surface area contributed by atoms with Crippen molar-refractivity contribution in [3.63, 3.8) is 0 Å². The molecular weight excluding hydrogens is 272 g/mol. The third-order valence-electron chi connectivity index (χ3n) is 3.42. The Kier molecular flexibility index (Phi) is 7.65. The number of rotatable bonds is 8. The van der Waals surface area contributed by atoms with E-state index in [1.165, 1.54) is 24.3 Å². The van der Waals surface area contributed by atoms with Gasteiger partial charge in [0.2, 0.25) is 5.91 Å². The number of carbonyl (C=O) groups excluding carboxylic acids is 1. The minimum Gasteiger partial charge on any atom is -0.352 e. The SMILES string of the molecule is CCCCC(CC)CNC(=O)C=Cc1cc(F)cc(F)c1. The fourth-order valence-corrected chi connectivity index (χ4v) is 2.09. The molecule has 0 aromatic heterocycles. The Bertz CT molecular complexity index is 465. The first kappa shape index (κ1) is 17.3. The van der Waals surface area contributed by atoms with Crippen LogP contribution in [0.3, 0.4) is 0 Å². The lowest BCUT2D eigenvalue weighted by Crippen LogP contribution is -2.27. The monoisotopic (exact) mass is 295 g/mol. The van der Waals surface area contributed by atoms with Crippen LogP contribution in [0.4, 0.5) is 8.78 Å². The van der Waals surface area contributed by atoms with Crippen molar-refractivity contribution in [2.75, 3.05) is 6.54 Å². The topological polar surface area (TPSA) is 29.1 Å². The smallest absolute Gasteiger partial charge is 0.244 e. The highest BCUT2D eigenvalue weighted by Crippen LogP contribution is 2.11. The van der Waals surface area contributed by atoms with Crippen molar-refractivity contribution >= 4 is 12.0 Å². The van der Waals surface area contributed by atoms with Gasteiger partial charge in [-0.15, -0.1) is 0 Å². The van der Waals surface area contributed by atoms with Crippen molar-refractivity contribution in [2.45, 2.75) is 39.5 Å². The second-order valence-electron chi connectivity index (χ2n) is 5.20. The van der Waals surface area contributed by atoms with Gasteiger partial charge in [0, 0.05) is 18.7 Å². The molecule has 0 aliphatic carbocycles. The number of halogens is 2. The molecule has 0 bridgehead atoms. The molecule has 0 aliphatic rings. The highest BCUT2D eigenvalue weighted by Gasteiger charge is 2.06. The van der Waals surface area contributed by atoms with Crippen LogP contribution in [0.2, 0.25) is 0 Å². The minimum atomic E-state index is -0.652.